The van der Waals surface area contributed by atoms with E-state index in [0.29, 0.717) is 0 Å². The first kappa shape index (κ1) is 15.2. The van der Waals surface area contributed by atoms with Crippen molar-refractivity contribution in [1.29, 1.82) is 0 Å². The minimum atomic E-state index is 0.258. The van der Waals surface area contributed by atoms with Gasteiger partial charge in [-0.25, -0.2) is 0 Å². The van der Waals surface area contributed by atoms with E-state index >= 15 is 0 Å². The summed E-state index contributed by atoms with van der Waals surface area (Å²) in [4.78, 5) is 2.48. The number of hydrogen-bond acceptors (Lipinski definition) is 3. The van der Waals surface area contributed by atoms with E-state index in [1.807, 2.05) is 0 Å². The molecule has 2 rings (SSSR count). The van der Waals surface area contributed by atoms with Crippen molar-refractivity contribution >= 4 is 33.4 Å². The molecule has 2 N–H and O–H groups in total. The summed E-state index contributed by atoms with van der Waals surface area (Å²) in [5, 5.41) is 0.723. The molecule has 1 aromatic carbocycles. The molecule has 0 aromatic heterocycles. The first-order chi connectivity index (χ1) is 9.10. The molecule has 1 fully saturated rings. The zero-order chi connectivity index (χ0) is 13.8. The first-order valence-electron chi connectivity index (χ1n) is 7.00. The number of thioether (sulfide) groups is 1. The highest BCUT2D eigenvalue weighted by Gasteiger charge is 2.17. The predicted molar refractivity (Wildman–Crippen MR) is 90.2 cm³/mol. The van der Waals surface area contributed by atoms with Gasteiger partial charge < -0.3 is 10.6 Å². The molecule has 1 aliphatic rings. The first-order valence-corrected chi connectivity index (χ1v) is 8.85. The lowest BCUT2D eigenvalue weighted by Gasteiger charge is -2.32. The van der Waals surface area contributed by atoms with Crippen molar-refractivity contribution in [1.82, 2.24) is 0 Å². The van der Waals surface area contributed by atoms with Crippen LogP contribution in [0.5, 0.6) is 0 Å². The molecule has 1 aliphatic heterocycles. The van der Waals surface area contributed by atoms with Crippen molar-refractivity contribution in [3.8, 4) is 0 Å². The normalized spacial score (nSPS) is 21.5. The van der Waals surface area contributed by atoms with E-state index in [-0.39, 0.29) is 6.04 Å². The fraction of sp³-hybridized carbons (Fsp3) is 0.600. The van der Waals surface area contributed by atoms with E-state index in [1.165, 1.54) is 21.5 Å². The maximum absolute atomic E-state index is 6.04. The van der Waals surface area contributed by atoms with E-state index in [4.69, 9.17) is 5.73 Å². The van der Waals surface area contributed by atoms with Gasteiger partial charge in [0.1, 0.15) is 0 Å². The Kier molecular flexibility index (Phi) is 5.60. The molecule has 0 saturated carbocycles. The van der Waals surface area contributed by atoms with E-state index in [2.05, 4.69) is 64.6 Å². The van der Waals surface area contributed by atoms with Gasteiger partial charge in [0.05, 0.1) is 0 Å². The predicted octanol–water partition coefficient (Wildman–Crippen LogP) is 3.67. The number of benzene rings is 1. The lowest BCUT2D eigenvalue weighted by atomic mass is 10.0. The maximum atomic E-state index is 6.04. The van der Waals surface area contributed by atoms with Gasteiger partial charge >= 0.3 is 0 Å². The maximum Gasteiger partial charge on any atom is 0.0378 e. The largest absolute Gasteiger partial charge is 0.370 e. The van der Waals surface area contributed by atoms with Crippen LogP contribution in [0.2, 0.25) is 0 Å². The Hall–Kier alpha value is -0.190. The molecule has 0 amide bonds. The second kappa shape index (κ2) is 7.00. The van der Waals surface area contributed by atoms with Crippen LogP contribution in [-0.4, -0.2) is 30.1 Å². The molecular weight excluding hydrogens is 320 g/mol. The van der Waals surface area contributed by atoms with Crippen molar-refractivity contribution in [3.05, 3.63) is 28.2 Å². The number of nitrogens with zero attached hydrogens (tertiary/aromatic N) is 1. The fourth-order valence-corrected chi connectivity index (χ4v) is 3.92. The molecule has 19 heavy (non-hydrogen) atoms. The molecule has 1 saturated heterocycles. The third-order valence-corrected chi connectivity index (χ3v) is 5.52. The SMILES string of the molecule is CCC(N)Cc1ccc(N2CCSC(C)C2)cc1Br. The summed E-state index contributed by atoms with van der Waals surface area (Å²) in [6.07, 6.45) is 1.97. The summed E-state index contributed by atoms with van der Waals surface area (Å²) < 4.78 is 1.19. The van der Waals surface area contributed by atoms with Crippen molar-refractivity contribution < 1.29 is 0 Å². The van der Waals surface area contributed by atoms with Crippen LogP contribution in [0.1, 0.15) is 25.8 Å². The van der Waals surface area contributed by atoms with Crippen LogP contribution in [0.25, 0.3) is 0 Å². The topological polar surface area (TPSA) is 29.3 Å². The Labute approximate surface area is 129 Å². The highest BCUT2D eigenvalue weighted by Crippen LogP contribution is 2.28. The molecule has 106 valence electrons. The van der Waals surface area contributed by atoms with E-state index in [0.717, 1.165) is 31.2 Å². The second-order valence-electron chi connectivity index (χ2n) is 5.28. The summed E-state index contributed by atoms with van der Waals surface area (Å²) in [5.41, 5.74) is 8.68. The van der Waals surface area contributed by atoms with Crippen molar-refractivity contribution in [2.24, 2.45) is 5.73 Å². The van der Waals surface area contributed by atoms with Gasteiger partial charge in [0.25, 0.3) is 0 Å². The molecule has 0 aliphatic carbocycles. The van der Waals surface area contributed by atoms with Crippen LogP contribution < -0.4 is 10.6 Å². The minimum Gasteiger partial charge on any atom is -0.370 e. The van der Waals surface area contributed by atoms with Gasteiger partial charge in [-0.1, -0.05) is 35.8 Å². The summed E-state index contributed by atoms with van der Waals surface area (Å²) in [7, 11) is 0. The third kappa shape index (κ3) is 4.14. The van der Waals surface area contributed by atoms with Gasteiger partial charge in [-0.3, -0.25) is 0 Å². The van der Waals surface area contributed by atoms with Crippen LogP contribution in [0.15, 0.2) is 22.7 Å². The average molecular weight is 343 g/mol. The number of hydrogen-bond donors (Lipinski definition) is 1. The second-order valence-corrected chi connectivity index (χ2v) is 7.68. The van der Waals surface area contributed by atoms with E-state index in [1.54, 1.807) is 0 Å². The quantitative estimate of drug-likeness (QED) is 0.904. The van der Waals surface area contributed by atoms with Gasteiger partial charge in [-0.2, -0.15) is 11.8 Å². The zero-order valence-corrected chi connectivity index (χ0v) is 14.1. The molecule has 2 nitrogen and oxygen atoms in total. The number of nitrogens with two attached hydrogens (primary N) is 1. The molecule has 4 heteroatoms. The summed E-state index contributed by atoms with van der Waals surface area (Å²) in [6.45, 7) is 6.74. The molecule has 1 heterocycles. The Morgan fingerprint density at radius 3 is 2.95 bits per heavy atom. The summed E-state index contributed by atoms with van der Waals surface area (Å²) >= 11 is 5.76. The van der Waals surface area contributed by atoms with Crippen LogP contribution >= 0.6 is 27.7 Å². The number of rotatable bonds is 4. The van der Waals surface area contributed by atoms with Crippen LogP contribution in [0.3, 0.4) is 0 Å². The molecule has 2 atom stereocenters. The Bertz CT molecular complexity index is 425. The fourth-order valence-electron chi connectivity index (χ4n) is 2.38. The summed E-state index contributed by atoms with van der Waals surface area (Å²) in [5.74, 6) is 1.22. The molecule has 2 unspecified atom stereocenters. The molecule has 0 spiro atoms. The van der Waals surface area contributed by atoms with Gasteiger partial charge in [-0.15, -0.1) is 0 Å². The van der Waals surface area contributed by atoms with Gasteiger partial charge in [0.15, 0.2) is 0 Å². The van der Waals surface area contributed by atoms with Gasteiger partial charge in [0, 0.05) is 40.3 Å². The smallest absolute Gasteiger partial charge is 0.0378 e. The zero-order valence-electron chi connectivity index (χ0n) is 11.7. The molecule has 0 bridgehead atoms. The number of halogens is 1. The van der Waals surface area contributed by atoms with Gasteiger partial charge in [-0.05, 0) is 30.5 Å². The lowest BCUT2D eigenvalue weighted by Crippen LogP contribution is -2.36. The van der Waals surface area contributed by atoms with Crippen LogP contribution in [0, 0.1) is 0 Å². The monoisotopic (exact) mass is 342 g/mol. The Balaban J connectivity index is 2.09. The van der Waals surface area contributed by atoms with E-state index in [9.17, 15) is 0 Å². The standard InChI is InChI=1S/C15H23BrN2S/c1-3-13(17)8-12-4-5-14(9-15(12)16)18-6-7-19-11(2)10-18/h4-5,9,11,13H,3,6-8,10,17H2,1-2H3. The van der Waals surface area contributed by atoms with Crippen LogP contribution in [-0.2, 0) is 6.42 Å². The minimum absolute atomic E-state index is 0.258. The Morgan fingerprint density at radius 1 is 1.53 bits per heavy atom. The summed E-state index contributed by atoms with van der Waals surface area (Å²) in [6, 6.07) is 6.97. The molecule has 1 aromatic rings. The Morgan fingerprint density at radius 2 is 2.32 bits per heavy atom. The van der Waals surface area contributed by atoms with Crippen LogP contribution in [0.4, 0.5) is 5.69 Å². The van der Waals surface area contributed by atoms with Crippen molar-refractivity contribution in [3.63, 3.8) is 0 Å². The molecular formula is C15H23BrN2S. The lowest BCUT2D eigenvalue weighted by molar-refractivity contribution is 0.645. The van der Waals surface area contributed by atoms with Crippen molar-refractivity contribution in [2.75, 3.05) is 23.7 Å². The van der Waals surface area contributed by atoms with Crippen molar-refractivity contribution in [2.45, 2.75) is 38.0 Å². The number of anilines is 1. The highest BCUT2D eigenvalue weighted by molar-refractivity contribution is 9.10. The van der Waals surface area contributed by atoms with E-state index < -0.39 is 0 Å². The highest BCUT2D eigenvalue weighted by atomic mass is 79.9. The van der Waals surface area contributed by atoms with Gasteiger partial charge in [0.2, 0.25) is 0 Å². The average Bonchev–Trinajstić information content (AvgIpc) is 2.41. The third-order valence-electron chi connectivity index (χ3n) is 3.65. The molecule has 0 radical (unpaired) electrons.